The van der Waals surface area contributed by atoms with Gasteiger partial charge in [-0.2, -0.15) is 0 Å². The summed E-state index contributed by atoms with van der Waals surface area (Å²) in [5.41, 5.74) is 0.621. The lowest BCUT2D eigenvalue weighted by molar-refractivity contribution is 0.0949. The Morgan fingerprint density at radius 2 is 2.06 bits per heavy atom. The summed E-state index contributed by atoms with van der Waals surface area (Å²) in [6, 6.07) is 7.06. The first-order valence-corrected chi connectivity index (χ1v) is 6.32. The molecule has 1 rings (SSSR count). The Balaban J connectivity index is 2.37. The van der Waals surface area contributed by atoms with E-state index in [4.69, 9.17) is 9.84 Å². The summed E-state index contributed by atoms with van der Waals surface area (Å²) in [6.45, 7) is 4.86. The quantitative estimate of drug-likeness (QED) is 0.728. The zero-order valence-corrected chi connectivity index (χ0v) is 11.0. The predicted octanol–water partition coefficient (Wildman–Crippen LogP) is 1.98. The molecular weight excluding hydrogens is 230 g/mol. The number of aliphatic hydroxyl groups excluding tert-OH is 1. The zero-order chi connectivity index (χ0) is 13.4. The summed E-state index contributed by atoms with van der Waals surface area (Å²) in [7, 11) is 0. The van der Waals surface area contributed by atoms with Crippen molar-refractivity contribution >= 4 is 5.91 Å². The molecule has 1 amide bonds. The number of hydrogen-bond donors (Lipinski definition) is 2. The van der Waals surface area contributed by atoms with Crippen molar-refractivity contribution in [3.05, 3.63) is 29.8 Å². The van der Waals surface area contributed by atoms with E-state index in [1.807, 2.05) is 6.92 Å². The summed E-state index contributed by atoms with van der Waals surface area (Å²) >= 11 is 0. The van der Waals surface area contributed by atoms with Crippen molar-refractivity contribution in [3.63, 3.8) is 0 Å². The van der Waals surface area contributed by atoms with E-state index in [0.29, 0.717) is 25.1 Å². The third-order valence-electron chi connectivity index (χ3n) is 2.51. The highest BCUT2D eigenvalue weighted by Crippen LogP contribution is 2.11. The number of aliphatic hydroxyl groups is 1. The van der Waals surface area contributed by atoms with E-state index in [1.165, 1.54) is 0 Å². The molecule has 2 N–H and O–H groups in total. The molecule has 4 nitrogen and oxygen atoms in total. The van der Waals surface area contributed by atoms with E-state index in [9.17, 15) is 4.79 Å². The van der Waals surface area contributed by atoms with Gasteiger partial charge in [0.15, 0.2) is 0 Å². The molecule has 1 atom stereocenters. The number of carbonyl (C=O) groups excluding carboxylic acids is 1. The molecule has 0 aliphatic carbocycles. The summed E-state index contributed by atoms with van der Waals surface area (Å²) in [5, 5.41) is 11.9. The van der Waals surface area contributed by atoms with E-state index >= 15 is 0 Å². The number of carbonyl (C=O) groups is 1. The van der Waals surface area contributed by atoms with Gasteiger partial charge in [-0.05, 0) is 51.0 Å². The second-order valence-electron chi connectivity index (χ2n) is 4.20. The summed E-state index contributed by atoms with van der Waals surface area (Å²) in [4.78, 5) is 11.7. The maximum atomic E-state index is 11.7. The van der Waals surface area contributed by atoms with E-state index in [0.717, 1.165) is 12.2 Å². The maximum absolute atomic E-state index is 11.7. The van der Waals surface area contributed by atoms with Gasteiger partial charge in [0.05, 0.1) is 12.7 Å². The van der Waals surface area contributed by atoms with Gasteiger partial charge in [0.1, 0.15) is 5.75 Å². The molecule has 0 saturated carbocycles. The molecule has 0 radical (unpaired) electrons. The Morgan fingerprint density at radius 1 is 1.39 bits per heavy atom. The standard InChI is InChI=1S/C14H21NO3/c1-3-18-13-8-6-12(7-9-13)14(17)15-10-4-5-11(2)16/h6-9,11,16H,3-5,10H2,1-2H3,(H,15,17). The minimum Gasteiger partial charge on any atom is -0.494 e. The van der Waals surface area contributed by atoms with Crippen LogP contribution in [0.15, 0.2) is 24.3 Å². The van der Waals surface area contributed by atoms with Crippen LogP contribution in [0, 0.1) is 0 Å². The number of benzene rings is 1. The van der Waals surface area contributed by atoms with Crippen molar-refractivity contribution in [3.8, 4) is 5.75 Å². The molecule has 0 bridgehead atoms. The Hall–Kier alpha value is -1.55. The molecule has 1 aromatic rings. The normalized spacial score (nSPS) is 11.9. The molecule has 0 fully saturated rings. The average molecular weight is 251 g/mol. The highest BCUT2D eigenvalue weighted by Gasteiger charge is 2.05. The number of amides is 1. The van der Waals surface area contributed by atoms with Crippen LogP contribution in [-0.2, 0) is 0 Å². The topological polar surface area (TPSA) is 58.6 Å². The molecule has 0 aliphatic heterocycles. The van der Waals surface area contributed by atoms with Crippen LogP contribution in [0.3, 0.4) is 0 Å². The van der Waals surface area contributed by atoms with Crippen molar-refractivity contribution < 1.29 is 14.6 Å². The molecule has 1 aromatic carbocycles. The van der Waals surface area contributed by atoms with Crippen LogP contribution in [0.4, 0.5) is 0 Å². The third kappa shape index (κ3) is 5.19. The van der Waals surface area contributed by atoms with E-state index < -0.39 is 0 Å². The summed E-state index contributed by atoms with van der Waals surface area (Å²) < 4.78 is 5.31. The number of nitrogens with one attached hydrogen (secondary N) is 1. The lowest BCUT2D eigenvalue weighted by Gasteiger charge is -2.07. The van der Waals surface area contributed by atoms with Gasteiger partial charge < -0.3 is 15.2 Å². The fourth-order valence-corrected chi connectivity index (χ4v) is 1.57. The van der Waals surface area contributed by atoms with Crippen LogP contribution >= 0.6 is 0 Å². The van der Waals surface area contributed by atoms with E-state index in [2.05, 4.69) is 5.32 Å². The maximum Gasteiger partial charge on any atom is 0.251 e. The van der Waals surface area contributed by atoms with Crippen molar-refractivity contribution in [2.75, 3.05) is 13.2 Å². The largest absolute Gasteiger partial charge is 0.494 e. The highest BCUT2D eigenvalue weighted by atomic mass is 16.5. The van der Waals surface area contributed by atoms with E-state index in [-0.39, 0.29) is 12.0 Å². The first-order chi connectivity index (χ1) is 8.63. The van der Waals surface area contributed by atoms with Gasteiger partial charge in [0, 0.05) is 12.1 Å². The van der Waals surface area contributed by atoms with Crippen LogP contribution in [0.2, 0.25) is 0 Å². The van der Waals surface area contributed by atoms with Gasteiger partial charge in [-0.25, -0.2) is 0 Å². The lowest BCUT2D eigenvalue weighted by atomic mass is 10.2. The highest BCUT2D eigenvalue weighted by molar-refractivity contribution is 5.94. The minimum absolute atomic E-state index is 0.0939. The molecule has 0 heterocycles. The van der Waals surface area contributed by atoms with Crippen molar-refractivity contribution in [2.45, 2.75) is 32.8 Å². The summed E-state index contributed by atoms with van der Waals surface area (Å²) in [5.74, 6) is 0.673. The molecule has 4 heteroatoms. The lowest BCUT2D eigenvalue weighted by Crippen LogP contribution is -2.24. The average Bonchev–Trinajstić information content (AvgIpc) is 2.35. The van der Waals surface area contributed by atoms with Crippen LogP contribution in [0.5, 0.6) is 5.75 Å². The van der Waals surface area contributed by atoms with Gasteiger partial charge in [-0.3, -0.25) is 4.79 Å². The summed E-state index contributed by atoms with van der Waals surface area (Å²) in [6.07, 6.45) is 1.16. The molecule has 0 saturated heterocycles. The molecule has 0 aromatic heterocycles. The number of ether oxygens (including phenoxy) is 1. The van der Waals surface area contributed by atoms with Crippen molar-refractivity contribution in [1.82, 2.24) is 5.32 Å². The second kappa shape index (κ2) is 7.71. The fourth-order valence-electron chi connectivity index (χ4n) is 1.57. The number of hydrogen-bond acceptors (Lipinski definition) is 3. The Labute approximate surface area is 108 Å². The number of rotatable bonds is 7. The predicted molar refractivity (Wildman–Crippen MR) is 70.9 cm³/mol. The van der Waals surface area contributed by atoms with Crippen LogP contribution in [0.25, 0.3) is 0 Å². The van der Waals surface area contributed by atoms with Crippen molar-refractivity contribution in [2.24, 2.45) is 0 Å². The Bertz CT molecular complexity index is 360. The second-order valence-corrected chi connectivity index (χ2v) is 4.20. The monoisotopic (exact) mass is 251 g/mol. The molecular formula is C14H21NO3. The third-order valence-corrected chi connectivity index (χ3v) is 2.51. The van der Waals surface area contributed by atoms with Gasteiger partial charge >= 0.3 is 0 Å². The minimum atomic E-state index is -0.313. The first-order valence-electron chi connectivity index (χ1n) is 6.32. The Morgan fingerprint density at radius 3 is 2.61 bits per heavy atom. The van der Waals surface area contributed by atoms with Crippen molar-refractivity contribution in [1.29, 1.82) is 0 Å². The van der Waals surface area contributed by atoms with Gasteiger partial charge in [0.25, 0.3) is 5.91 Å². The molecule has 100 valence electrons. The fraction of sp³-hybridized carbons (Fsp3) is 0.500. The van der Waals surface area contributed by atoms with Crippen LogP contribution < -0.4 is 10.1 Å². The molecule has 0 aliphatic rings. The van der Waals surface area contributed by atoms with Gasteiger partial charge in [0.2, 0.25) is 0 Å². The zero-order valence-electron chi connectivity index (χ0n) is 11.0. The smallest absolute Gasteiger partial charge is 0.251 e. The Kier molecular flexibility index (Phi) is 6.22. The van der Waals surface area contributed by atoms with Gasteiger partial charge in [-0.15, -0.1) is 0 Å². The first kappa shape index (κ1) is 14.5. The van der Waals surface area contributed by atoms with Gasteiger partial charge in [-0.1, -0.05) is 0 Å². The van der Waals surface area contributed by atoms with Crippen LogP contribution in [-0.4, -0.2) is 30.3 Å². The SMILES string of the molecule is CCOc1ccc(C(=O)NCCCC(C)O)cc1. The molecule has 1 unspecified atom stereocenters. The van der Waals surface area contributed by atoms with E-state index in [1.54, 1.807) is 31.2 Å². The molecule has 0 spiro atoms. The molecule has 18 heavy (non-hydrogen) atoms. The van der Waals surface area contributed by atoms with Crippen LogP contribution in [0.1, 0.15) is 37.0 Å².